The van der Waals surface area contributed by atoms with E-state index in [1.807, 2.05) is 0 Å². The third-order valence-electron chi connectivity index (χ3n) is 20.1. The molecule has 7 heteroatoms. The molecule has 0 aliphatic heterocycles. The minimum absolute atomic E-state index is 0.550. The van der Waals surface area contributed by atoms with Gasteiger partial charge in [-0.3, -0.25) is 0 Å². The number of aromatic nitrogens is 5. The first-order valence-corrected chi connectivity index (χ1v) is 34.0. The van der Waals surface area contributed by atoms with Crippen LogP contribution in [0.3, 0.4) is 0 Å². The zero-order valence-corrected chi connectivity index (χ0v) is 54.6. The molecular weight excluding hydrogens is 1200 g/mol. The molecule has 5 heterocycles. The number of aryl methyl sites for hydroxylation is 4. The van der Waals surface area contributed by atoms with Crippen molar-refractivity contribution in [2.75, 3.05) is 0 Å². The highest BCUT2D eigenvalue weighted by Crippen LogP contribution is 2.55. The van der Waals surface area contributed by atoms with Crippen LogP contribution in [-0.4, -0.2) is 23.3 Å². The van der Waals surface area contributed by atoms with Gasteiger partial charge in [-0.1, -0.05) is 180 Å². The minimum Gasteiger partial charge on any atom is -0.309 e. The summed E-state index contributed by atoms with van der Waals surface area (Å²) in [6, 6.07) is 110. The summed E-state index contributed by atoms with van der Waals surface area (Å²) in [7, 11) is 0. The third kappa shape index (κ3) is 8.74. The van der Waals surface area contributed by atoms with E-state index in [1.54, 1.807) is 11.3 Å². The fourth-order valence-corrected chi connectivity index (χ4v) is 16.8. The van der Waals surface area contributed by atoms with Gasteiger partial charge >= 0.3 is 0 Å². The maximum atomic E-state index is 12.6. The lowest BCUT2D eigenvalue weighted by molar-refractivity contribution is 1.18. The molecule has 0 bridgehead atoms. The molecule has 0 N–H and O–H groups in total. The molecule has 19 aromatic rings. The van der Waals surface area contributed by atoms with Gasteiger partial charge in [0.2, 0.25) is 0 Å². The fourth-order valence-electron chi connectivity index (χ4n) is 15.8. The van der Waals surface area contributed by atoms with Crippen molar-refractivity contribution in [1.29, 1.82) is 5.26 Å². The van der Waals surface area contributed by atoms with Crippen molar-refractivity contribution < 1.29 is 0 Å². The zero-order valence-electron chi connectivity index (χ0n) is 53.8. The predicted molar refractivity (Wildman–Crippen MR) is 408 cm³/mol. The van der Waals surface area contributed by atoms with E-state index in [1.165, 1.54) is 65.3 Å². The zero-order chi connectivity index (χ0) is 64.7. The average Bonchev–Trinajstić information content (AvgIpc) is 1.72. The van der Waals surface area contributed by atoms with Crippen molar-refractivity contribution in [1.82, 2.24) is 23.3 Å². The first-order chi connectivity index (χ1) is 47.7. The van der Waals surface area contributed by atoms with Gasteiger partial charge in [0.15, 0.2) is 0 Å². The van der Waals surface area contributed by atoms with E-state index in [0.29, 0.717) is 5.56 Å². The van der Waals surface area contributed by atoms with E-state index >= 15 is 0 Å². The van der Waals surface area contributed by atoms with Gasteiger partial charge in [-0.25, -0.2) is 4.98 Å². The molecule has 0 radical (unpaired) electrons. The maximum absolute atomic E-state index is 12.6. The van der Waals surface area contributed by atoms with E-state index < -0.39 is 0 Å². The molecule has 14 aromatic carbocycles. The van der Waals surface area contributed by atoms with Gasteiger partial charge in [-0.15, -0.1) is 11.3 Å². The van der Waals surface area contributed by atoms with E-state index in [0.717, 1.165) is 132 Å². The Hall–Kier alpha value is -12.3. The SMILES string of the molecule is Cc1ccc2c(c1)c1ccccc1n2-c1ccc(-c2c(C#N)c(-c3nc4ccccc4s3)c(-c3ccc(-n4c5ccccc5c5cc(C)ccc54)cc3)c(-c3ccc(-n4c5ccccc5c5cc(C)ccc54)cc3)c2-c2ccc(-n3c4ccccc4c4cc(C)ccc43)cc2)cc1. The summed E-state index contributed by atoms with van der Waals surface area (Å²) >= 11 is 1.64. The molecule has 6 nitrogen and oxygen atoms in total. The van der Waals surface area contributed by atoms with Crippen LogP contribution in [0.5, 0.6) is 0 Å². The monoisotopic (exact) mass is 1260 g/mol. The maximum Gasteiger partial charge on any atom is 0.126 e. The van der Waals surface area contributed by atoms with Crippen molar-refractivity contribution in [2.45, 2.75) is 27.7 Å². The average molecular weight is 1260 g/mol. The van der Waals surface area contributed by atoms with Crippen LogP contribution < -0.4 is 0 Å². The van der Waals surface area contributed by atoms with Crippen LogP contribution >= 0.6 is 11.3 Å². The molecule has 456 valence electrons. The van der Waals surface area contributed by atoms with Crippen molar-refractivity contribution in [3.8, 4) is 83.9 Å². The highest BCUT2D eigenvalue weighted by molar-refractivity contribution is 7.21. The van der Waals surface area contributed by atoms with Gasteiger partial charge in [-0.05, 0) is 195 Å². The number of fused-ring (bicyclic) bond motifs is 13. The number of hydrogen-bond acceptors (Lipinski definition) is 3. The number of nitrogens with zero attached hydrogens (tertiary/aromatic N) is 6. The summed E-state index contributed by atoms with van der Waals surface area (Å²) in [5.74, 6) is 0. The topological polar surface area (TPSA) is 56.4 Å². The molecule has 97 heavy (non-hydrogen) atoms. The minimum atomic E-state index is 0.550. The lowest BCUT2D eigenvalue weighted by Crippen LogP contribution is -2.03. The van der Waals surface area contributed by atoms with Gasteiger partial charge in [0, 0.05) is 82.5 Å². The molecule has 0 fully saturated rings. The first-order valence-electron chi connectivity index (χ1n) is 33.1. The lowest BCUT2D eigenvalue weighted by Gasteiger charge is -2.26. The number of hydrogen-bond donors (Lipinski definition) is 0. The van der Waals surface area contributed by atoms with E-state index in [9.17, 15) is 5.26 Å². The van der Waals surface area contributed by atoms with Gasteiger partial charge < -0.3 is 18.3 Å². The van der Waals surface area contributed by atoms with Gasteiger partial charge in [0.1, 0.15) is 11.1 Å². The van der Waals surface area contributed by atoms with Crippen molar-refractivity contribution in [3.05, 3.63) is 319 Å². The van der Waals surface area contributed by atoms with Gasteiger partial charge in [-0.2, -0.15) is 5.26 Å². The predicted octanol–water partition coefficient (Wildman–Crippen LogP) is 24.1. The molecule has 0 atom stereocenters. The quantitative estimate of drug-likeness (QED) is 0.145. The Morgan fingerprint density at radius 1 is 0.278 bits per heavy atom. The summed E-state index contributed by atoms with van der Waals surface area (Å²) in [6.45, 7) is 8.66. The molecule has 0 saturated heterocycles. The van der Waals surface area contributed by atoms with Crippen LogP contribution in [0.2, 0.25) is 0 Å². The molecule has 0 spiro atoms. The Morgan fingerprint density at radius 3 is 0.887 bits per heavy atom. The third-order valence-corrected chi connectivity index (χ3v) is 21.1. The van der Waals surface area contributed by atoms with E-state index in [4.69, 9.17) is 4.98 Å². The molecule has 19 rings (SSSR count). The molecule has 0 aliphatic rings. The van der Waals surface area contributed by atoms with Crippen molar-refractivity contribution >= 4 is 109 Å². The summed E-state index contributed by atoms with van der Waals surface area (Å²) in [6.07, 6.45) is 0. The van der Waals surface area contributed by atoms with Crippen LogP contribution in [0, 0.1) is 39.0 Å². The highest BCUT2D eigenvalue weighted by atomic mass is 32.1. The molecule has 0 unspecified atom stereocenters. The lowest BCUT2D eigenvalue weighted by atomic mass is 9.77. The molecule has 0 aliphatic carbocycles. The van der Waals surface area contributed by atoms with Crippen LogP contribution in [0.25, 0.3) is 175 Å². The van der Waals surface area contributed by atoms with Crippen molar-refractivity contribution in [2.24, 2.45) is 0 Å². The Morgan fingerprint density at radius 2 is 0.557 bits per heavy atom. The molecule has 0 amide bonds. The number of thiazole rings is 1. The van der Waals surface area contributed by atoms with E-state index in [-0.39, 0.29) is 0 Å². The van der Waals surface area contributed by atoms with Crippen molar-refractivity contribution in [3.63, 3.8) is 0 Å². The normalized spacial score (nSPS) is 11.9. The molecular formula is C90H60N6S. The van der Waals surface area contributed by atoms with Crippen LogP contribution in [0.1, 0.15) is 27.8 Å². The highest BCUT2D eigenvalue weighted by Gasteiger charge is 2.31. The summed E-state index contributed by atoms with van der Waals surface area (Å²) < 4.78 is 10.6. The standard InChI is InChI=1S/C90H60N6S/c1-54-25-45-80-70(49-54)66-15-5-10-20-76(66)93(80)62-37-29-58(30-38-62)85-74(53-91)89(90-92-75-19-9-14-24-84(75)97-90)88(61-35-43-65(44-36-61)96-79-23-13-8-18-69(79)73-52-57(4)28-48-83(73)96)87(60-33-41-64(42-34-60)95-78-22-12-7-17-68(78)72-51-56(3)27-47-82(72)95)86(85)59-31-39-63(40-32-59)94-77-21-11-6-16-67(77)71-50-55(2)26-46-81(71)94/h5-52H,1-4H3. The summed E-state index contributed by atoms with van der Waals surface area (Å²) in [5.41, 5.74) is 28.0. The Kier molecular flexibility index (Phi) is 12.7. The van der Waals surface area contributed by atoms with Crippen LogP contribution in [0.15, 0.2) is 291 Å². The number of benzene rings is 14. The second-order valence-corrected chi connectivity index (χ2v) is 27.1. The largest absolute Gasteiger partial charge is 0.309 e. The second kappa shape index (κ2) is 21.9. The van der Waals surface area contributed by atoms with Crippen LogP contribution in [0.4, 0.5) is 0 Å². The molecule has 0 saturated carbocycles. The number of rotatable bonds is 9. The Labute approximate surface area is 564 Å². The van der Waals surface area contributed by atoms with Gasteiger partial charge in [0.05, 0.1) is 59.9 Å². The Bertz CT molecular complexity index is 6490. The number of nitriles is 1. The number of para-hydroxylation sites is 5. The smallest absolute Gasteiger partial charge is 0.126 e. The molecule has 5 aromatic heterocycles. The Balaban J connectivity index is 0.922. The summed E-state index contributed by atoms with van der Waals surface area (Å²) in [5, 5.41) is 23.1. The van der Waals surface area contributed by atoms with Gasteiger partial charge in [0.25, 0.3) is 0 Å². The van der Waals surface area contributed by atoms with E-state index in [2.05, 4.69) is 343 Å². The summed E-state index contributed by atoms with van der Waals surface area (Å²) in [4.78, 5) is 5.56. The fraction of sp³-hybridized carbons (Fsp3) is 0.0444. The van der Waals surface area contributed by atoms with Crippen LogP contribution in [-0.2, 0) is 0 Å². The first kappa shape index (κ1) is 56.2. The second-order valence-electron chi connectivity index (χ2n) is 26.0.